The number of ether oxygens (including phenoxy) is 1. The van der Waals surface area contributed by atoms with Crippen LogP contribution in [0, 0.1) is 5.92 Å². The van der Waals surface area contributed by atoms with Gasteiger partial charge in [-0.05, 0) is 75.6 Å². The van der Waals surface area contributed by atoms with Crippen LogP contribution in [-0.4, -0.2) is 29.6 Å². The van der Waals surface area contributed by atoms with Gasteiger partial charge in [0.25, 0.3) is 5.91 Å². The van der Waals surface area contributed by atoms with Gasteiger partial charge < -0.3 is 9.64 Å². The number of nitrogens with zero attached hydrogens (tertiary/aromatic N) is 2. The molecule has 4 rings (SSSR count). The molecule has 0 radical (unpaired) electrons. The first kappa shape index (κ1) is 22.3. The minimum Gasteiger partial charge on any atom is -0.498 e. The van der Waals surface area contributed by atoms with Crippen LogP contribution in [0.4, 0.5) is 5.82 Å². The number of hydrogen-bond donors (Lipinski definition) is 1. The fourth-order valence-corrected chi connectivity index (χ4v) is 5.48. The number of fused-ring (bicyclic) bond motifs is 5. The molecule has 2 aliphatic heterocycles. The highest BCUT2D eigenvalue weighted by atomic mass is 32.2. The van der Waals surface area contributed by atoms with Crippen LogP contribution in [0.5, 0.6) is 0 Å². The Hall–Kier alpha value is -1.95. The molecule has 4 bridgehead atoms. The summed E-state index contributed by atoms with van der Waals surface area (Å²) < 4.78 is 9.11. The van der Waals surface area contributed by atoms with Crippen LogP contribution in [0.15, 0.2) is 34.9 Å². The number of anilines is 1. The topological polar surface area (TPSA) is 54.5 Å². The van der Waals surface area contributed by atoms with E-state index in [1.165, 1.54) is 11.9 Å². The molecule has 1 aliphatic carbocycles. The molecule has 1 N–H and O–H groups in total. The van der Waals surface area contributed by atoms with Crippen molar-refractivity contribution in [3.63, 3.8) is 0 Å². The Bertz CT molecular complexity index is 914. The number of carbonyl (C=O) groups is 1. The van der Waals surface area contributed by atoms with Crippen molar-refractivity contribution < 1.29 is 9.53 Å². The van der Waals surface area contributed by atoms with E-state index in [1.54, 1.807) is 0 Å². The maximum absolute atomic E-state index is 13.3. The summed E-state index contributed by atoms with van der Waals surface area (Å²) in [5, 5.41) is 0. The highest BCUT2D eigenvalue weighted by molar-refractivity contribution is 8.01. The van der Waals surface area contributed by atoms with Gasteiger partial charge in [0.15, 0.2) is 0 Å². The van der Waals surface area contributed by atoms with Crippen molar-refractivity contribution in [2.45, 2.75) is 77.7 Å². The number of nitrogens with one attached hydrogen (secondary N) is 1. The second kappa shape index (κ2) is 8.53. The molecular formula is C25H35N3O2S. The highest BCUT2D eigenvalue weighted by Gasteiger charge is 2.40. The first-order chi connectivity index (χ1) is 14.6. The highest BCUT2D eigenvalue weighted by Crippen LogP contribution is 2.40. The second-order valence-electron chi connectivity index (χ2n) is 10.6. The van der Waals surface area contributed by atoms with Crippen LogP contribution in [0.2, 0.25) is 0 Å². The number of hydrogen-bond acceptors (Lipinski definition) is 5. The van der Waals surface area contributed by atoms with Gasteiger partial charge in [-0.2, -0.15) is 0 Å². The summed E-state index contributed by atoms with van der Waals surface area (Å²) in [6, 6.07) is 3.96. The summed E-state index contributed by atoms with van der Waals surface area (Å²) >= 11 is 1.37. The Kier molecular flexibility index (Phi) is 6.12. The quantitative estimate of drug-likeness (QED) is 0.521. The fourth-order valence-electron chi connectivity index (χ4n) is 4.77. The van der Waals surface area contributed by atoms with Gasteiger partial charge in [0, 0.05) is 34.5 Å². The molecule has 0 spiro atoms. The summed E-state index contributed by atoms with van der Waals surface area (Å²) in [5.41, 5.74) is 1.54. The lowest BCUT2D eigenvalue weighted by molar-refractivity contribution is 0.0984. The van der Waals surface area contributed by atoms with E-state index >= 15 is 0 Å². The van der Waals surface area contributed by atoms with E-state index in [2.05, 4.69) is 56.4 Å². The average Bonchev–Trinajstić information content (AvgIpc) is 3.02. The molecule has 1 unspecified atom stereocenters. The Balaban J connectivity index is 1.73. The normalized spacial score (nSPS) is 24.1. The predicted octanol–water partition coefficient (Wildman–Crippen LogP) is 5.73. The van der Waals surface area contributed by atoms with Gasteiger partial charge in [-0.15, -0.1) is 0 Å². The van der Waals surface area contributed by atoms with Gasteiger partial charge in [-0.1, -0.05) is 26.8 Å². The van der Waals surface area contributed by atoms with Gasteiger partial charge in [-0.25, -0.2) is 4.98 Å². The molecule has 1 aromatic heterocycles. The van der Waals surface area contributed by atoms with Crippen LogP contribution in [0.1, 0.15) is 82.8 Å². The van der Waals surface area contributed by atoms with Crippen molar-refractivity contribution >= 4 is 23.7 Å². The molecule has 1 saturated heterocycles. The maximum atomic E-state index is 13.3. The standard InChI is InChI=1S/C25H35N3O2S/c1-24(2,3)21-12-11-20-22(26-21)28-16-17(15-25(28,4)5)8-7-13-30-18-9-6-10-19(14-18)31-27-23(20)29/h10-12,14,17H,6-9,13,15-16H2,1-5H3,(H,27,29). The summed E-state index contributed by atoms with van der Waals surface area (Å²) in [5.74, 6) is 2.33. The van der Waals surface area contributed by atoms with Crippen molar-refractivity contribution in [3.05, 3.63) is 46.2 Å². The lowest BCUT2D eigenvalue weighted by Gasteiger charge is -2.34. The minimum atomic E-state index is -0.0931. The zero-order valence-electron chi connectivity index (χ0n) is 19.5. The lowest BCUT2D eigenvalue weighted by atomic mass is 9.91. The molecule has 6 heteroatoms. The first-order valence-electron chi connectivity index (χ1n) is 11.4. The van der Waals surface area contributed by atoms with Crippen LogP contribution in [-0.2, 0) is 10.2 Å². The van der Waals surface area contributed by atoms with Crippen LogP contribution < -0.4 is 9.62 Å². The first-order valence-corrected chi connectivity index (χ1v) is 12.2. The molecular weight excluding hydrogens is 406 g/mol. The van der Waals surface area contributed by atoms with E-state index < -0.39 is 0 Å². The number of pyridine rings is 1. The number of allylic oxidation sites excluding steroid dienone is 3. The third-order valence-electron chi connectivity index (χ3n) is 6.45. The van der Waals surface area contributed by atoms with Crippen molar-refractivity contribution in [1.82, 2.24) is 9.71 Å². The van der Waals surface area contributed by atoms with Crippen LogP contribution in [0.25, 0.3) is 0 Å². The molecule has 168 valence electrons. The van der Waals surface area contributed by atoms with Crippen LogP contribution >= 0.6 is 11.9 Å². The molecule has 1 amide bonds. The van der Waals surface area contributed by atoms with E-state index in [0.717, 1.165) is 67.4 Å². The molecule has 5 nitrogen and oxygen atoms in total. The molecule has 3 heterocycles. The van der Waals surface area contributed by atoms with Crippen LogP contribution in [0.3, 0.4) is 0 Å². The smallest absolute Gasteiger partial charge is 0.265 e. The zero-order valence-corrected chi connectivity index (χ0v) is 20.3. The lowest BCUT2D eigenvalue weighted by Crippen LogP contribution is -2.40. The van der Waals surface area contributed by atoms with E-state index in [0.29, 0.717) is 11.5 Å². The molecule has 1 fully saturated rings. The van der Waals surface area contributed by atoms with Crippen molar-refractivity contribution in [3.8, 4) is 0 Å². The largest absolute Gasteiger partial charge is 0.498 e. The van der Waals surface area contributed by atoms with Gasteiger partial charge in [-0.3, -0.25) is 9.52 Å². The fraction of sp³-hybridized carbons (Fsp3) is 0.600. The van der Waals surface area contributed by atoms with Gasteiger partial charge in [0.05, 0.1) is 17.9 Å². The Labute approximate surface area is 190 Å². The summed E-state index contributed by atoms with van der Waals surface area (Å²) in [6.45, 7) is 12.7. The predicted molar refractivity (Wildman–Crippen MR) is 128 cm³/mol. The Morgan fingerprint density at radius 1 is 1.29 bits per heavy atom. The number of amides is 1. The summed E-state index contributed by atoms with van der Waals surface area (Å²) in [6.07, 6.45) is 9.38. The van der Waals surface area contributed by atoms with E-state index in [1.807, 2.05) is 12.1 Å². The van der Waals surface area contributed by atoms with E-state index in [9.17, 15) is 4.79 Å². The average molecular weight is 442 g/mol. The Morgan fingerprint density at radius 3 is 2.87 bits per heavy atom. The molecule has 0 saturated carbocycles. The maximum Gasteiger partial charge on any atom is 0.265 e. The monoisotopic (exact) mass is 441 g/mol. The van der Waals surface area contributed by atoms with Crippen molar-refractivity contribution in [2.75, 3.05) is 18.1 Å². The zero-order chi connectivity index (χ0) is 22.2. The summed E-state index contributed by atoms with van der Waals surface area (Å²) in [7, 11) is 0. The Morgan fingerprint density at radius 2 is 2.10 bits per heavy atom. The van der Waals surface area contributed by atoms with Gasteiger partial charge in [0.2, 0.25) is 0 Å². The molecule has 3 aliphatic rings. The molecule has 1 aromatic rings. The second-order valence-corrected chi connectivity index (χ2v) is 11.5. The summed E-state index contributed by atoms with van der Waals surface area (Å²) in [4.78, 5) is 21.7. The number of aromatic nitrogens is 1. The van der Waals surface area contributed by atoms with Gasteiger partial charge >= 0.3 is 0 Å². The molecule has 31 heavy (non-hydrogen) atoms. The number of carbonyl (C=O) groups excluding carboxylic acids is 1. The van der Waals surface area contributed by atoms with E-state index in [-0.39, 0.29) is 16.9 Å². The third kappa shape index (κ3) is 4.94. The molecule has 1 atom stereocenters. The molecule has 0 aromatic carbocycles. The number of rotatable bonds is 0. The van der Waals surface area contributed by atoms with Crippen molar-refractivity contribution in [1.29, 1.82) is 0 Å². The minimum absolute atomic E-state index is 0.0458. The van der Waals surface area contributed by atoms with E-state index in [4.69, 9.17) is 9.72 Å². The van der Waals surface area contributed by atoms with Gasteiger partial charge in [0.1, 0.15) is 5.82 Å². The SMILES string of the molecule is CC(C)(C)c1ccc2c(n1)N1CC(CCCOC3=CC(=CCC3)SNC2=O)CC1(C)C. The van der Waals surface area contributed by atoms with Crippen molar-refractivity contribution in [2.24, 2.45) is 5.92 Å². The third-order valence-corrected chi connectivity index (χ3v) is 7.26.